The van der Waals surface area contributed by atoms with Gasteiger partial charge in [0.2, 0.25) is 0 Å². The number of benzene rings is 1. The van der Waals surface area contributed by atoms with Gasteiger partial charge in [0.15, 0.2) is 0 Å². The van der Waals surface area contributed by atoms with Crippen LogP contribution in [0.5, 0.6) is 10.9 Å². The predicted octanol–water partition coefficient (Wildman–Crippen LogP) is 4.36. The van der Waals surface area contributed by atoms with Gasteiger partial charge in [-0.05, 0) is 12.1 Å². The van der Waals surface area contributed by atoms with Crippen LogP contribution in [0, 0.1) is 5.82 Å². The van der Waals surface area contributed by atoms with Crippen molar-refractivity contribution in [2.24, 2.45) is 0 Å². The third-order valence-corrected chi connectivity index (χ3v) is 3.05. The summed E-state index contributed by atoms with van der Waals surface area (Å²) in [6.07, 6.45) is 0. The minimum Gasteiger partial charge on any atom is -0.430 e. The van der Waals surface area contributed by atoms with Crippen LogP contribution in [0.2, 0.25) is 0 Å². The van der Waals surface area contributed by atoms with Crippen molar-refractivity contribution >= 4 is 27.5 Å². The highest BCUT2D eigenvalue weighted by molar-refractivity contribution is 9.10. The van der Waals surface area contributed by atoms with Crippen LogP contribution < -0.4 is 4.74 Å². The Bertz CT molecular complexity index is 510. The number of nitrogens with zero attached hydrogens (tertiary/aromatic N) is 2. The van der Waals surface area contributed by atoms with Crippen molar-refractivity contribution in [3.63, 3.8) is 0 Å². The van der Waals surface area contributed by atoms with E-state index in [0.29, 0.717) is 15.4 Å². The first-order valence-electron chi connectivity index (χ1n) is 5.02. The zero-order chi connectivity index (χ0) is 12.4. The highest BCUT2D eigenvalue weighted by Gasteiger charge is 2.10. The van der Waals surface area contributed by atoms with E-state index < -0.39 is 0 Å². The molecule has 90 valence electrons. The van der Waals surface area contributed by atoms with E-state index in [-0.39, 0.29) is 11.7 Å². The van der Waals surface area contributed by atoms with E-state index >= 15 is 0 Å². The maximum atomic E-state index is 13.1. The molecule has 0 unspecified atom stereocenters. The number of aromatic nitrogens is 2. The first kappa shape index (κ1) is 12.4. The summed E-state index contributed by atoms with van der Waals surface area (Å²) in [6, 6.07) is 4.35. The van der Waals surface area contributed by atoms with Crippen LogP contribution in [0.3, 0.4) is 0 Å². The molecule has 0 N–H and O–H groups in total. The summed E-state index contributed by atoms with van der Waals surface area (Å²) in [5.41, 5.74) is 0. The molecule has 0 bridgehead atoms. The summed E-state index contributed by atoms with van der Waals surface area (Å²) in [5, 5.41) is 0.422. The van der Waals surface area contributed by atoms with Gasteiger partial charge in [0, 0.05) is 28.0 Å². The van der Waals surface area contributed by atoms with Gasteiger partial charge in [0.05, 0.1) is 0 Å². The number of ether oxygens (including phenoxy) is 1. The topological polar surface area (TPSA) is 35.0 Å². The standard InChI is InChI=1S/C11H10BrFN2OS/c1-6(2)10-14-11(17-15-10)16-9-4-7(12)3-8(13)5-9/h3-6H,1-2H3. The third kappa shape index (κ3) is 3.23. The zero-order valence-corrected chi connectivity index (χ0v) is 11.7. The molecule has 0 radical (unpaired) electrons. The van der Waals surface area contributed by atoms with Crippen molar-refractivity contribution in [2.75, 3.05) is 0 Å². The van der Waals surface area contributed by atoms with Crippen molar-refractivity contribution in [3.8, 4) is 10.9 Å². The van der Waals surface area contributed by atoms with Crippen molar-refractivity contribution < 1.29 is 9.13 Å². The number of rotatable bonds is 3. The number of halogens is 2. The third-order valence-electron chi connectivity index (χ3n) is 1.98. The van der Waals surface area contributed by atoms with Crippen molar-refractivity contribution in [1.82, 2.24) is 9.36 Å². The first-order chi connectivity index (χ1) is 8.04. The van der Waals surface area contributed by atoms with Gasteiger partial charge >= 0.3 is 0 Å². The van der Waals surface area contributed by atoms with Crippen LogP contribution in [0.4, 0.5) is 4.39 Å². The van der Waals surface area contributed by atoms with Crippen LogP contribution >= 0.6 is 27.5 Å². The second-order valence-corrected chi connectivity index (χ2v) is 5.41. The second-order valence-electron chi connectivity index (χ2n) is 3.78. The summed E-state index contributed by atoms with van der Waals surface area (Å²) < 4.78 is 23.4. The molecule has 0 amide bonds. The molecular weight excluding hydrogens is 307 g/mol. The lowest BCUT2D eigenvalue weighted by molar-refractivity contribution is 0.470. The van der Waals surface area contributed by atoms with Gasteiger partial charge in [-0.3, -0.25) is 0 Å². The molecule has 2 aromatic rings. The molecule has 0 fully saturated rings. The van der Waals surface area contributed by atoms with Crippen molar-refractivity contribution in [2.45, 2.75) is 19.8 Å². The first-order valence-corrected chi connectivity index (χ1v) is 6.59. The molecule has 1 aromatic carbocycles. The van der Waals surface area contributed by atoms with Gasteiger partial charge in [-0.1, -0.05) is 29.8 Å². The highest BCUT2D eigenvalue weighted by atomic mass is 79.9. The van der Waals surface area contributed by atoms with Crippen LogP contribution in [-0.2, 0) is 0 Å². The van der Waals surface area contributed by atoms with Crippen LogP contribution in [0.15, 0.2) is 22.7 Å². The maximum absolute atomic E-state index is 13.1. The average Bonchev–Trinajstić information content (AvgIpc) is 2.64. The predicted molar refractivity (Wildman–Crippen MR) is 68.2 cm³/mol. The molecule has 0 saturated heterocycles. The SMILES string of the molecule is CC(C)c1nsc(Oc2cc(F)cc(Br)c2)n1. The normalized spacial score (nSPS) is 10.9. The molecule has 1 aromatic heterocycles. The fourth-order valence-electron chi connectivity index (χ4n) is 1.18. The Morgan fingerprint density at radius 1 is 1.35 bits per heavy atom. The van der Waals surface area contributed by atoms with Gasteiger partial charge in [0.1, 0.15) is 17.4 Å². The van der Waals surface area contributed by atoms with E-state index in [1.54, 1.807) is 6.07 Å². The Morgan fingerprint density at radius 2 is 2.12 bits per heavy atom. The van der Waals surface area contributed by atoms with Crippen LogP contribution in [-0.4, -0.2) is 9.36 Å². The minimum atomic E-state index is -0.358. The Morgan fingerprint density at radius 3 is 2.71 bits per heavy atom. The van der Waals surface area contributed by atoms with Gasteiger partial charge in [-0.15, -0.1) is 0 Å². The molecule has 3 nitrogen and oxygen atoms in total. The average molecular weight is 317 g/mol. The quantitative estimate of drug-likeness (QED) is 0.844. The highest BCUT2D eigenvalue weighted by Crippen LogP contribution is 2.28. The summed E-state index contributed by atoms with van der Waals surface area (Å²) in [5.74, 6) is 1.04. The minimum absolute atomic E-state index is 0.253. The molecular formula is C11H10BrFN2OS. The Hall–Kier alpha value is -1.01. The largest absolute Gasteiger partial charge is 0.430 e. The molecule has 1 heterocycles. The van der Waals surface area contributed by atoms with E-state index in [1.807, 2.05) is 13.8 Å². The molecule has 0 saturated carbocycles. The second kappa shape index (κ2) is 5.10. The smallest absolute Gasteiger partial charge is 0.298 e. The summed E-state index contributed by atoms with van der Waals surface area (Å²) in [6.45, 7) is 4.01. The molecule has 0 aliphatic carbocycles. The van der Waals surface area contributed by atoms with E-state index in [2.05, 4.69) is 25.3 Å². The number of hydrogen-bond acceptors (Lipinski definition) is 4. The Balaban J connectivity index is 2.19. The summed E-state index contributed by atoms with van der Waals surface area (Å²) in [7, 11) is 0. The molecule has 0 atom stereocenters. The monoisotopic (exact) mass is 316 g/mol. The Kier molecular flexibility index (Phi) is 3.73. The summed E-state index contributed by atoms with van der Waals surface area (Å²) >= 11 is 4.37. The van der Waals surface area contributed by atoms with Crippen LogP contribution in [0.25, 0.3) is 0 Å². The lowest BCUT2D eigenvalue weighted by atomic mass is 10.2. The zero-order valence-electron chi connectivity index (χ0n) is 9.28. The van der Waals surface area contributed by atoms with Crippen molar-refractivity contribution in [3.05, 3.63) is 34.3 Å². The van der Waals surface area contributed by atoms with Gasteiger partial charge < -0.3 is 4.74 Å². The molecule has 0 aliphatic rings. The fourth-order valence-corrected chi connectivity index (χ4v) is 2.32. The molecule has 2 rings (SSSR count). The fraction of sp³-hybridized carbons (Fsp3) is 0.273. The molecule has 17 heavy (non-hydrogen) atoms. The van der Waals surface area contributed by atoms with Gasteiger partial charge in [-0.2, -0.15) is 9.36 Å². The van der Waals surface area contributed by atoms with E-state index in [9.17, 15) is 4.39 Å². The van der Waals surface area contributed by atoms with E-state index in [0.717, 1.165) is 17.4 Å². The molecule has 6 heteroatoms. The molecule has 0 spiro atoms. The van der Waals surface area contributed by atoms with E-state index in [4.69, 9.17) is 4.74 Å². The van der Waals surface area contributed by atoms with Crippen molar-refractivity contribution in [1.29, 1.82) is 0 Å². The lowest BCUT2D eigenvalue weighted by Crippen LogP contribution is -1.90. The summed E-state index contributed by atoms with van der Waals surface area (Å²) in [4.78, 5) is 4.21. The molecule has 0 aliphatic heterocycles. The van der Waals surface area contributed by atoms with Gasteiger partial charge in [0.25, 0.3) is 5.19 Å². The van der Waals surface area contributed by atoms with Gasteiger partial charge in [-0.25, -0.2) is 4.39 Å². The Labute approximate surface area is 111 Å². The van der Waals surface area contributed by atoms with Crippen LogP contribution in [0.1, 0.15) is 25.6 Å². The van der Waals surface area contributed by atoms with E-state index in [1.165, 1.54) is 12.1 Å². The lowest BCUT2D eigenvalue weighted by Gasteiger charge is -2.02. The number of hydrogen-bond donors (Lipinski definition) is 0. The maximum Gasteiger partial charge on any atom is 0.298 e.